The summed E-state index contributed by atoms with van der Waals surface area (Å²) in [6.07, 6.45) is -0.227. The van der Waals surface area contributed by atoms with E-state index in [1.165, 1.54) is 7.11 Å². The normalized spacial score (nSPS) is 15.9. The largest absolute Gasteiger partial charge is 0.466 e. The van der Waals surface area contributed by atoms with Crippen molar-refractivity contribution in [3.63, 3.8) is 0 Å². The van der Waals surface area contributed by atoms with Crippen LogP contribution in [0.5, 0.6) is 0 Å². The van der Waals surface area contributed by atoms with Crippen LogP contribution in [0, 0.1) is 0 Å². The van der Waals surface area contributed by atoms with Crippen LogP contribution < -0.4 is 5.43 Å². The number of nitrogens with zero attached hydrogens (tertiary/aromatic N) is 1. The quantitative estimate of drug-likeness (QED) is 0.213. The summed E-state index contributed by atoms with van der Waals surface area (Å²) in [4.78, 5) is 38.0. The average Bonchev–Trinajstić information content (AvgIpc) is 3.00. The lowest BCUT2D eigenvalue weighted by Gasteiger charge is -2.45. The number of rotatable bonds is 11. The van der Waals surface area contributed by atoms with Gasteiger partial charge in [-0.25, -0.2) is 15.2 Å². The maximum atomic E-state index is 12.9. The van der Waals surface area contributed by atoms with Gasteiger partial charge in [-0.15, -0.1) is 0 Å². The van der Waals surface area contributed by atoms with Crippen molar-refractivity contribution in [2.24, 2.45) is 0 Å². The first-order chi connectivity index (χ1) is 15.4. The number of hydrogen-bond donors (Lipinski definition) is 1. The van der Waals surface area contributed by atoms with Gasteiger partial charge in [0.1, 0.15) is 0 Å². The Labute approximate surface area is 198 Å². The van der Waals surface area contributed by atoms with Gasteiger partial charge in [-0.3, -0.25) is 9.59 Å². The van der Waals surface area contributed by atoms with Crippen LogP contribution in [0.3, 0.4) is 0 Å². The number of carbonyl (C=O) groups is 3. The third-order valence-electron chi connectivity index (χ3n) is 6.69. The molecule has 182 valence electrons. The summed E-state index contributed by atoms with van der Waals surface area (Å²) in [6, 6.07) is 6.18. The van der Waals surface area contributed by atoms with E-state index < -0.39 is 38.2 Å². The van der Waals surface area contributed by atoms with Gasteiger partial charge in [0.05, 0.1) is 30.4 Å². The summed E-state index contributed by atoms with van der Waals surface area (Å²) in [5.74, 6) is -1.37. The molecule has 0 unspecified atom stereocenters. The molecule has 1 aromatic rings. The Bertz CT molecular complexity index is 855. The number of fused-ring (bicyclic) bond motifs is 1. The van der Waals surface area contributed by atoms with E-state index in [1.807, 2.05) is 6.92 Å². The van der Waals surface area contributed by atoms with Gasteiger partial charge in [0, 0.05) is 5.57 Å². The lowest BCUT2D eigenvalue weighted by atomic mass is 10.0. The van der Waals surface area contributed by atoms with E-state index in [0.717, 1.165) is 5.01 Å². The van der Waals surface area contributed by atoms with Crippen LogP contribution in [-0.4, -0.2) is 50.4 Å². The zero-order valence-corrected chi connectivity index (χ0v) is 22.1. The Morgan fingerprint density at radius 3 is 1.82 bits per heavy atom. The molecule has 1 heterocycles. The standard InChI is InChI=1S/C25H38N2O5Si/c1-15(2)33(16(3)4,17(5)6)32-19(8)22(14-18(7)25(30)31-9)26-27-23(28)20-12-10-11-13-21(20)24(27)29/h10-13,15-17,19,22,26H,7,14H2,1-6,8-9H3/t19-,22-/m1/s1. The number of nitrogens with one attached hydrogen (secondary N) is 1. The molecule has 0 saturated carbocycles. The molecule has 33 heavy (non-hydrogen) atoms. The average molecular weight is 475 g/mol. The molecule has 0 spiro atoms. The van der Waals surface area contributed by atoms with Gasteiger partial charge in [0.2, 0.25) is 8.32 Å². The lowest BCUT2D eigenvalue weighted by Crippen LogP contribution is -2.57. The topological polar surface area (TPSA) is 84.9 Å². The fraction of sp³-hybridized carbons (Fsp3) is 0.560. The van der Waals surface area contributed by atoms with Gasteiger partial charge in [-0.2, -0.15) is 0 Å². The monoisotopic (exact) mass is 474 g/mol. The Balaban J connectivity index is 2.38. The Hall–Kier alpha value is -2.29. The van der Waals surface area contributed by atoms with Crippen LogP contribution in [0.25, 0.3) is 0 Å². The van der Waals surface area contributed by atoms with Gasteiger partial charge in [-0.1, -0.05) is 60.3 Å². The van der Waals surface area contributed by atoms with Gasteiger partial charge in [0.25, 0.3) is 11.8 Å². The number of hydrazine groups is 1. The van der Waals surface area contributed by atoms with Crippen molar-refractivity contribution in [3.8, 4) is 0 Å². The molecule has 2 atom stereocenters. The predicted molar refractivity (Wildman–Crippen MR) is 131 cm³/mol. The maximum Gasteiger partial charge on any atom is 0.333 e. The summed E-state index contributed by atoms with van der Waals surface area (Å²) in [5, 5.41) is 1.03. The molecule has 2 amide bonds. The van der Waals surface area contributed by atoms with E-state index >= 15 is 0 Å². The molecule has 1 N–H and O–H groups in total. The Morgan fingerprint density at radius 2 is 1.42 bits per heavy atom. The van der Waals surface area contributed by atoms with Gasteiger partial charge in [-0.05, 0) is 42.1 Å². The van der Waals surface area contributed by atoms with Gasteiger partial charge in [0.15, 0.2) is 0 Å². The summed E-state index contributed by atoms with van der Waals surface area (Å²) in [7, 11) is -0.968. The smallest absolute Gasteiger partial charge is 0.333 e. The van der Waals surface area contributed by atoms with Crippen molar-refractivity contribution in [2.75, 3.05) is 7.11 Å². The second-order valence-corrected chi connectivity index (χ2v) is 15.1. The van der Waals surface area contributed by atoms with Gasteiger partial charge >= 0.3 is 5.97 Å². The molecule has 0 aromatic heterocycles. The minimum atomic E-state index is -2.27. The SMILES string of the molecule is C=C(C[C@@H](NN1C(=O)c2ccccc2C1=O)[C@@H](C)O[Si](C(C)C)(C(C)C)C(C)C)C(=O)OC. The third kappa shape index (κ3) is 5.28. The molecule has 1 aromatic carbocycles. The number of ether oxygens (including phenoxy) is 1. The fourth-order valence-corrected chi connectivity index (χ4v) is 10.7. The summed E-state index contributed by atoms with van der Waals surface area (Å²) in [5.41, 5.74) is 5.07. The first kappa shape index (κ1) is 27.0. The number of amides is 2. The molecule has 1 aliphatic rings. The third-order valence-corrected chi connectivity index (χ3v) is 12.9. The highest BCUT2D eigenvalue weighted by molar-refractivity contribution is 6.77. The highest BCUT2D eigenvalue weighted by Crippen LogP contribution is 2.43. The first-order valence-corrected chi connectivity index (χ1v) is 13.7. The molecule has 0 fully saturated rings. The molecule has 1 aliphatic heterocycles. The van der Waals surface area contributed by atoms with Crippen molar-refractivity contribution < 1.29 is 23.5 Å². The van der Waals surface area contributed by atoms with Crippen LogP contribution in [0.4, 0.5) is 0 Å². The van der Waals surface area contributed by atoms with Crippen LogP contribution in [0.15, 0.2) is 36.4 Å². The second kappa shape index (κ2) is 10.8. The molecular weight excluding hydrogens is 436 g/mol. The van der Waals surface area contributed by atoms with Crippen LogP contribution in [0.1, 0.15) is 75.6 Å². The fourth-order valence-electron chi connectivity index (χ4n) is 5.09. The summed E-state index contributed by atoms with van der Waals surface area (Å²) in [6.45, 7) is 18.9. The molecule has 8 heteroatoms. The predicted octanol–water partition coefficient (Wildman–Crippen LogP) is 4.86. The second-order valence-electron chi connectivity index (χ2n) is 9.67. The van der Waals surface area contributed by atoms with E-state index in [1.54, 1.807) is 24.3 Å². The number of methoxy groups -OCH3 is 1. The molecule has 0 bridgehead atoms. The zero-order chi connectivity index (χ0) is 25.1. The summed E-state index contributed by atoms with van der Waals surface area (Å²) < 4.78 is 11.7. The minimum Gasteiger partial charge on any atom is -0.466 e. The van der Waals surface area contributed by atoms with Crippen molar-refractivity contribution in [3.05, 3.63) is 47.5 Å². The van der Waals surface area contributed by atoms with Crippen molar-refractivity contribution in [2.45, 2.75) is 83.7 Å². The van der Waals surface area contributed by atoms with E-state index in [4.69, 9.17) is 9.16 Å². The van der Waals surface area contributed by atoms with E-state index in [2.05, 4.69) is 53.5 Å². The van der Waals surface area contributed by atoms with Crippen LogP contribution in [0.2, 0.25) is 16.6 Å². The Morgan fingerprint density at radius 1 is 0.970 bits per heavy atom. The number of imide groups is 1. The van der Waals surface area contributed by atoms with Crippen LogP contribution >= 0.6 is 0 Å². The van der Waals surface area contributed by atoms with Gasteiger partial charge < -0.3 is 9.16 Å². The minimum absolute atomic E-state index is 0.167. The number of benzene rings is 1. The van der Waals surface area contributed by atoms with E-state index in [-0.39, 0.29) is 12.0 Å². The zero-order valence-electron chi connectivity index (χ0n) is 21.1. The highest BCUT2D eigenvalue weighted by Gasteiger charge is 2.47. The number of hydrogen-bond acceptors (Lipinski definition) is 6. The van der Waals surface area contributed by atoms with E-state index in [0.29, 0.717) is 27.8 Å². The first-order valence-electron chi connectivity index (χ1n) is 11.6. The molecule has 7 nitrogen and oxygen atoms in total. The number of carbonyl (C=O) groups excluding carboxylic acids is 3. The molecule has 0 aliphatic carbocycles. The summed E-state index contributed by atoms with van der Waals surface area (Å²) >= 11 is 0. The molecule has 0 saturated heterocycles. The molecule has 2 rings (SSSR count). The Kier molecular flexibility index (Phi) is 8.79. The van der Waals surface area contributed by atoms with Crippen molar-refractivity contribution in [1.29, 1.82) is 0 Å². The van der Waals surface area contributed by atoms with Crippen molar-refractivity contribution >= 4 is 26.1 Å². The molecule has 0 radical (unpaired) electrons. The van der Waals surface area contributed by atoms with Crippen LogP contribution in [-0.2, 0) is 14.0 Å². The van der Waals surface area contributed by atoms with Crippen molar-refractivity contribution in [1.82, 2.24) is 10.4 Å². The number of esters is 1. The lowest BCUT2D eigenvalue weighted by molar-refractivity contribution is -0.136. The maximum absolute atomic E-state index is 12.9. The molecular formula is C25H38N2O5Si. The highest BCUT2D eigenvalue weighted by atomic mass is 28.4. The van der Waals surface area contributed by atoms with E-state index in [9.17, 15) is 14.4 Å².